The number of rotatable bonds is 2. The molecule has 0 aromatic carbocycles. The van der Waals surface area contributed by atoms with Gasteiger partial charge < -0.3 is 14.5 Å². The molecule has 6 nitrogen and oxygen atoms in total. The summed E-state index contributed by atoms with van der Waals surface area (Å²) in [5, 5.41) is 1.09. The van der Waals surface area contributed by atoms with Crippen molar-refractivity contribution >= 4 is 22.8 Å². The van der Waals surface area contributed by atoms with Crippen LogP contribution < -0.4 is 4.90 Å². The van der Waals surface area contributed by atoms with E-state index in [4.69, 9.17) is 9.72 Å². The van der Waals surface area contributed by atoms with Crippen molar-refractivity contribution in [3.05, 3.63) is 29.5 Å². The Balaban J connectivity index is 1.46. The average Bonchev–Trinajstić information content (AvgIpc) is 2.53. The van der Waals surface area contributed by atoms with Gasteiger partial charge in [-0.1, -0.05) is 0 Å². The standard InChI is InChI=1S/C18H22N4O2/c1-12-9-13(2)19-17-15(12)3-4-16(20-17)22-10-14(11-22)18(23)21-5-7-24-8-6-21/h3-4,9,14H,5-8,10-11H2,1-2H3. The molecular weight excluding hydrogens is 304 g/mol. The van der Waals surface area contributed by atoms with E-state index in [0.717, 1.165) is 35.6 Å². The molecular formula is C18H22N4O2. The van der Waals surface area contributed by atoms with E-state index in [9.17, 15) is 4.79 Å². The van der Waals surface area contributed by atoms with Gasteiger partial charge in [0.2, 0.25) is 5.91 Å². The number of fused-ring (bicyclic) bond motifs is 1. The predicted octanol–water partition coefficient (Wildman–Crippen LogP) is 1.54. The van der Waals surface area contributed by atoms with Crippen molar-refractivity contribution < 1.29 is 9.53 Å². The summed E-state index contributed by atoms with van der Waals surface area (Å²) in [6.45, 7) is 8.27. The smallest absolute Gasteiger partial charge is 0.229 e. The number of amides is 1. The van der Waals surface area contributed by atoms with Crippen LogP contribution in [0.5, 0.6) is 0 Å². The molecule has 2 aromatic rings. The number of carbonyl (C=O) groups excluding carboxylic acids is 1. The SMILES string of the molecule is Cc1cc(C)c2ccc(N3CC(C(=O)N4CCOCC4)C3)nc2n1. The van der Waals surface area contributed by atoms with E-state index < -0.39 is 0 Å². The number of ether oxygens (including phenoxy) is 1. The Labute approximate surface area is 141 Å². The first-order chi connectivity index (χ1) is 11.6. The lowest BCUT2D eigenvalue weighted by Gasteiger charge is -2.42. The summed E-state index contributed by atoms with van der Waals surface area (Å²) in [5.41, 5.74) is 2.96. The van der Waals surface area contributed by atoms with Crippen LogP contribution in [-0.2, 0) is 9.53 Å². The van der Waals surface area contributed by atoms with E-state index in [0.29, 0.717) is 26.3 Å². The highest BCUT2D eigenvalue weighted by Gasteiger charge is 2.36. The molecule has 2 fully saturated rings. The molecule has 0 bridgehead atoms. The van der Waals surface area contributed by atoms with Gasteiger partial charge in [-0.15, -0.1) is 0 Å². The largest absolute Gasteiger partial charge is 0.378 e. The third-order valence-corrected chi connectivity index (χ3v) is 4.87. The Morgan fingerprint density at radius 2 is 1.92 bits per heavy atom. The van der Waals surface area contributed by atoms with Gasteiger partial charge in [-0.25, -0.2) is 9.97 Å². The van der Waals surface area contributed by atoms with Crippen LogP contribution in [0.25, 0.3) is 11.0 Å². The van der Waals surface area contributed by atoms with Crippen molar-refractivity contribution in [1.82, 2.24) is 14.9 Å². The molecule has 2 aromatic heterocycles. The number of nitrogens with zero attached hydrogens (tertiary/aromatic N) is 4. The number of aryl methyl sites for hydroxylation is 2. The lowest BCUT2D eigenvalue weighted by atomic mass is 9.98. The fraction of sp³-hybridized carbons (Fsp3) is 0.500. The number of hydrogen-bond donors (Lipinski definition) is 0. The van der Waals surface area contributed by atoms with Gasteiger partial charge in [0.15, 0.2) is 5.65 Å². The van der Waals surface area contributed by atoms with Crippen LogP contribution in [0.3, 0.4) is 0 Å². The Hall–Kier alpha value is -2.21. The molecule has 0 N–H and O–H groups in total. The zero-order chi connectivity index (χ0) is 16.7. The summed E-state index contributed by atoms with van der Waals surface area (Å²) in [6, 6.07) is 6.18. The van der Waals surface area contributed by atoms with Gasteiger partial charge in [0.1, 0.15) is 5.82 Å². The van der Waals surface area contributed by atoms with E-state index in [1.54, 1.807) is 0 Å². The van der Waals surface area contributed by atoms with Crippen LogP contribution in [0.1, 0.15) is 11.3 Å². The highest BCUT2D eigenvalue weighted by atomic mass is 16.5. The molecule has 0 radical (unpaired) electrons. The molecule has 2 saturated heterocycles. The molecule has 1 amide bonds. The molecule has 0 atom stereocenters. The van der Waals surface area contributed by atoms with Gasteiger partial charge in [0.05, 0.1) is 19.1 Å². The third kappa shape index (κ3) is 2.71. The van der Waals surface area contributed by atoms with Gasteiger partial charge in [0.25, 0.3) is 0 Å². The van der Waals surface area contributed by atoms with Gasteiger partial charge in [-0.05, 0) is 37.6 Å². The number of carbonyl (C=O) groups is 1. The monoisotopic (exact) mass is 326 g/mol. The van der Waals surface area contributed by atoms with E-state index in [1.807, 2.05) is 17.9 Å². The first-order valence-electron chi connectivity index (χ1n) is 8.48. The Morgan fingerprint density at radius 1 is 1.17 bits per heavy atom. The molecule has 2 aliphatic heterocycles. The van der Waals surface area contributed by atoms with Crippen molar-refractivity contribution in [3.63, 3.8) is 0 Å². The fourth-order valence-corrected chi connectivity index (χ4v) is 3.46. The number of anilines is 1. The maximum atomic E-state index is 12.5. The molecule has 126 valence electrons. The Morgan fingerprint density at radius 3 is 2.67 bits per heavy atom. The Bertz CT molecular complexity index is 780. The van der Waals surface area contributed by atoms with Crippen LogP contribution in [0.2, 0.25) is 0 Å². The van der Waals surface area contributed by atoms with Gasteiger partial charge in [0, 0.05) is 37.3 Å². The van der Waals surface area contributed by atoms with Crippen molar-refractivity contribution in [2.75, 3.05) is 44.3 Å². The maximum absolute atomic E-state index is 12.5. The first-order valence-corrected chi connectivity index (χ1v) is 8.48. The van der Waals surface area contributed by atoms with Crippen LogP contribution >= 0.6 is 0 Å². The highest BCUT2D eigenvalue weighted by molar-refractivity contribution is 5.83. The van der Waals surface area contributed by atoms with Crippen molar-refractivity contribution in [2.45, 2.75) is 13.8 Å². The molecule has 2 aliphatic rings. The second-order valence-electron chi connectivity index (χ2n) is 6.66. The summed E-state index contributed by atoms with van der Waals surface area (Å²) in [6.07, 6.45) is 0. The Kier molecular flexibility index (Phi) is 3.84. The summed E-state index contributed by atoms with van der Waals surface area (Å²) >= 11 is 0. The second-order valence-corrected chi connectivity index (χ2v) is 6.66. The summed E-state index contributed by atoms with van der Waals surface area (Å²) in [5.74, 6) is 1.24. The summed E-state index contributed by atoms with van der Waals surface area (Å²) in [7, 11) is 0. The predicted molar refractivity (Wildman–Crippen MR) is 92.1 cm³/mol. The minimum atomic E-state index is 0.0767. The number of pyridine rings is 2. The van der Waals surface area contributed by atoms with Crippen LogP contribution in [-0.4, -0.2) is 60.2 Å². The zero-order valence-corrected chi connectivity index (χ0v) is 14.2. The molecule has 4 heterocycles. The maximum Gasteiger partial charge on any atom is 0.229 e. The number of morpholine rings is 1. The van der Waals surface area contributed by atoms with Gasteiger partial charge >= 0.3 is 0 Å². The molecule has 0 aliphatic carbocycles. The average molecular weight is 326 g/mol. The quantitative estimate of drug-likeness (QED) is 0.838. The lowest BCUT2D eigenvalue weighted by molar-refractivity contribution is -0.140. The van der Waals surface area contributed by atoms with Crippen LogP contribution in [0.15, 0.2) is 18.2 Å². The number of hydrogen-bond acceptors (Lipinski definition) is 5. The van der Waals surface area contributed by atoms with Crippen molar-refractivity contribution in [1.29, 1.82) is 0 Å². The molecule has 0 spiro atoms. The third-order valence-electron chi connectivity index (χ3n) is 4.87. The van der Waals surface area contributed by atoms with E-state index in [1.165, 1.54) is 5.56 Å². The van der Waals surface area contributed by atoms with E-state index in [2.05, 4.69) is 28.9 Å². The normalized spacial score (nSPS) is 18.8. The van der Waals surface area contributed by atoms with E-state index >= 15 is 0 Å². The molecule has 6 heteroatoms. The van der Waals surface area contributed by atoms with Crippen molar-refractivity contribution in [2.24, 2.45) is 5.92 Å². The molecule has 0 saturated carbocycles. The summed E-state index contributed by atoms with van der Waals surface area (Å²) < 4.78 is 5.31. The van der Waals surface area contributed by atoms with Crippen LogP contribution in [0.4, 0.5) is 5.82 Å². The molecule has 0 unspecified atom stereocenters. The fourth-order valence-electron chi connectivity index (χ4n) is 3.46. The molecule has 4 rings (SSSR count). The lowest BCUT2D eigenvalue weighted by Crippen LogP contribution is -2.56. The zero-order valence-electron chi connectivity index (χ0n) is 14.2. The van der Waals surface area contributed by atoms with Gasteiger partial charge in [-0.3, -0.25) is 4.79 Å². The minimum absolute atomic E-state index is 0.0767. The second kappa shape index (κ2) is 6.02. The van der Waals surface area contributed by atoms with Crippen molar-refractivity contribution in [3.8, 4) is 0 Å². The van der Waals surface area contributed by atoms with E-state index in [-0.39, 0.29) is 11.8 Å². The topological polar surface area (TPSA) is 58.6 Å². The highest BCUT2D eigenvalue weighted by Crippen LogP contribution is 2.27. The molecule has 24 heavy (non-hydrogen) atoms. The summed E-state index contributed by atoms with van der Waals surface area (Å²) in [4.78, 5) is 25.8. The number of aromatic nitrogens is 2. The van der Waals surface area contributed by atoms with Gasteiger partial charge in [-0.2, -0.15) is 0 Å². The minimum Gasteiger partial charge on any atom is -0.378 e. The van der Waals surface area contributed by atoms with Crippen LogP contribution in [0, 0.1) is 19.8 Å². The first kappa shape index (κ1) is 15.3.